The number of hydrogen-bond acceptors (Lipinski definition) is 2. The highest BCUT2D eigenvalue weighted by atomic mass is 19.1. The maximum Gasteiger partial charge on any atom is 0.123 e. The van der Waals surface area contributed by atoms with Gasteiger partial charge in [-0.3, -0.25) is 5.10 Å². The molecule has 1 aliphatic carbocycles. The Labute approximate surface area is 162 Å². The molecule has 1 spiro atoms. The minimum Gasteiger partial charge on any atom is -0.327 e. The first-order valence-corrected chi connectivity index (χ1v) is 10.00. The molecular formula is C23H21FN4. The van der Waals surface area contributed by atoms with E-state index in [1.807, 2.05) is 18.3 Å². The molecule has 1 saturated carbocycles. The average Bonchev–Trinajstić information content (AvgIpc) is 3.46. The summed E-state index contributed by atoms with van der Waals surface area (Å²) in [6.07, 6.45) is 8.15. The highest BCUT2D eigenvalue weighted by molar-refractivity contribution is 5.87. The van der Waals surface area contributed by atoms with Gasteiger partial charge < -0.3 is 4.57 Å². The zero-order valence-electron chi connectivity index (χ0n) is 15.6. The van der Waals surface area contributed by atoms with Crippen LogP contribution < -0.4 is 0 Å². The third-order valence-corrected chi connectivity index (χ3v) is 6.57. The van der Waals surface area contributed by atoms with Gasteiger partial charge in [-0.15, -0.1) is 0 Å². The molecule has 28 heavy (non-hydrogen) atoms. The molecule has 2 aromatic heterocycles. The molecule has 0 atom stereocenters. The van der Waals surface area contributed by atoms with E-state index < -0.39 is 0 Å². The van der Waals surface area contributed by atoms with Gasteiger partial charge in [-0.1, -0.05) is 18.9 Å². The summed E-state index contributed by atoms with van der Waals surface area (Å²) in [6, 6.07) is 13.1. The largest absolute Gasteiger partial charge is 0.327 e. The van der Waals surface area contributed by atoms with E-state index >= 15 is 0 Å². The summed E-state index contributed by atoms with van der Waals surface area (Å²) in [6.45, 7) is 1.04. The van der Waals surface area contributed by atoms with E-state index in [4.69, 9.17) is 4.98 Å². The zero-order valence-corrected chi connectivity index (χ0v) is 15.6. The normalized spacial score (nSPS) is 17.6. The van der Waals surface area contributed by atoms with Crippen molar-refractivity contribution < 1.29 is 4.39 Å². The van der Waals surface area contributed by atoms with Crippen LogP contribution in [0.1, 0.15) is 31.5 Å². The van der Waals surface area contributed by atoms with E-state index in [0.29, 0.717) is 5.41 Å². The van der Waals surface area contributed by atoms with Crippen LogP contribution in [0.5, 0.6) is 0 Å². The van der Waals surface area contributed by atoms with Gasteiger partial charge >= 0.3 is 0 Å². The number of hydrogen-bond donors (Lipinski definition) is 1. The lowest BCUT2D eigenvalue weighted by Gasteiger charge is -2.22. The molecule has 1 fully saturated rings. The highest BCUT2D eigenvalue weighted by Gasteiger charge is 2.42. The minimum atomic E-state index is -0.221. The predicted molar refractivity (Wildman–Crippen MR) is 107 cm³/mol. The summed E-state index contributed by atoms with van der Waals surface area (Å²) in [7, 11) is 0. The quantitative estimate of drug-likeness (QED) is 0.516. The third kappa shape index (κ3) is 2.35. The van der Waals surface area contributed by atoms with Crippen molar-refractivity contribution in [1.82, 2.24) is 19.7 Å². The first kappa shape index (κ1) is 16.0. The molecule has 6 rings (SSSR count). The summed E-state index contributed by atoms with van der Waals surface area (Å²) in [5.74, 6) is 0.949. The Hall–Kier alpha value is -2.95. The zero-order chi connectivity index (χ0) is 18.7. The van der Waals surface area contributed by atoms with Crippen LogP contribution in [0.15, 0.2) is 48.7 Å². The lowest BCUT2D eigenvalue weighted by atomic mass is 9.85. The number of rotatable bonds is 2. The first-order valence-electron chi connectivity index (χ1n) is 10.00. The average molecular weight is 372 g/mol. The molecule has 4 aromatic rings. The van der Waals surface area contributed by atoms with Gasteiger partial charge in [0, 0.05) is 29.5 Å². The summed E-state index contributed by atoms with van der Waals surface area (Å²) in [4.78, 5) is 5.07. The van der Waals surface area contributed by atoms with E-state index in [0.717, 1.165) is 46.4 Å². The Morgan fingerprint density at radius 2 is 1.79 bits per heavy atom. The molecule has 0 radical (unpaired) electrons. The van der Waals surface area contributed by atoms with Crippen molar-refractivity contribution in [2.45, 2.75) is 38.6 Å². The van der Waals surface area contributed by atoms with Crippen LogP contribution in [-0.2, 0) is 13.0 Å². The number of aromatic nitrogens is 4. The Bertz CT molecular complexity index is 1180. The van der Waals surface area contributed by atoms with Crippen LogP contribution in [0, 0.1) is 11.2 Å². The van der Waals surface area contributed by atoms with Crippen molar-refractivity contribution in [3.05, 3.63) is 60.3 Å². The molecule has 1 N–H and O–H groups in total. The maximum absolute atomic E-state index is 13.5. The van der Waals surface area contributed by atoms with E-state index in [-0.39, 0.29) is 5.82 Å². The van der Waals surface area contributed by atoms with E-state index in [2.05, 4.69) is 33.0 Å². The summed E-state index contributed by atoms with van der Waals surface area (Å²) >= 11 is 0. The lowest BCUT2D eigenvalue weighted by Crippen LogP contribution is -2.18. The molecule has 0 saturated heterocycles. The van der Waals surface area contributed by atoms with Crippen molar-refractivity contribution in [2.24, 2.45) is 5.41 Å². The van der Waals surface area contributed by atoms with Gasteiger partial charge in [0.2, 0.25) is 0 Å². The molecule has 1 aliphatic heterocycles. The van der Waals surface area contributed by atoms with Crippen molar-refractivity contribution in [2.75, 3.05) is 0 Å². The number of H-pyrrole nitrogens is 1. The number of nitrogens with one attached hydrogen (secondary N) is 1. The van der Waals surface area contributed by atoms with Crippen molar-refractivity contribution >= 4 is 10.9 Å². The Morgan fingerprint density at radius 1 is 1.00 bits per heavy atom. The molecular weight excluding hydrogens is 351 g/mol. The van der Waals surface area contributed by atoms with E-state index in [9.17, 15) is 4.39 Å². The van der Waals surface area contributed by atoms with Crippen LogP contribution >= 0.6 is 0 Å². The molecule has 140 valence electrons. The van der Waals surface area contributed by atoms with Crippen LogP contribution in [-0.4, -0.2) is 19.7 Å². The molecule has 3 heterocycles. The molecule has 0 unspecified atom stereocenters. The van der Waals surface area contributed by atoms with Crippen LogP contribution in [0.4, 0.5) is 4.39 Å². The van der Waals surface area contributed by atoms with E-state index in [1.54, 1.807) is 0 Å². The van der Waals surface area contributed by atoms with Gasteiger partial charge in [0.25, 0.3) is 0 Å². The van der Waals surface area contributed by atoms with Gasteiger partial charge in [-0.2, -0.15) is 5.10 Å². The number of fused-ring (bicyclic) bond motifs is 2. The second kappa shape index (κ2) is 5.77. The fourth-order valence-corrected chi connectivity index (χ4v) is 5.18. The monoisotopic (exact) mass is 372 g/mol. The van der Waals surface area contributed by atoms with Gasteiger partial charge in [0.15, 0.2) is 0 Å². The predicted octanol–water partition coefficient (Wildman–Crippen LogP) is 5.35. The number of imidazole rings is 1. The molecule has 5 heteroatoms. The Balaban J connectivity index is 1.55. The van der Waals surface area contributed by atoms with Gasteiger partial charge in [-0.25, -0.2) is 9.37 Å². The third-order valence-electron chi connectivity index (χ3n) is 6.57. The summed E-state index contributed by atoms with van der Waals surface area (Å²) in [5.41, 5.74) is 5.62. The van der Waals surface area contributed by atoms with Gasteiger partial charge in [0.05, 0.1) is 23.1 Å². The molecule has 2 aliphatic rings. The molecule has 0 amide bonds. The van der Waals surface area contributed by atoms with Crippen molar-refractivity contribution in [1.29, 1.82) is 0 Å². The second-order valence-electron chi connectivity index (χ2n) is 8.37. The smallest absolute Gasteiger partial charge is 0.123 e. The summed E-state index contributed by atoms with van der Waals surface area (Å²) < 4.78 is 15.9. The topological polar surface area (TPSA) is 46.5 Å². The SMILES string of the molecule is Fc1ccc(-c2nc3n(c2-c2ccc4[nH]ncc4c2)CC2(CCCC2)C3)cc1. The summed E-state index contributed by atoms with van der Waals surface area (Å²) in [5, 5.41) is 8.27. The van der Waals surface area contributed by atoms with Crippen molar-refractivity contribution in [3.8, 4) is 22.5 Å². The highest BCUT2D eigenvalue weighted by Crippen LogP contribution is 2.49. The standard InChI is InChI=1S/C23H21FN4/c24-18-6-3-15(4-7-18)21-22(16-5-8-19-17(11-16)13-25-27-19)28-14-23(9-1-2-10-23)12-20(28)26-21/h3-8,11,13H,1-2,9-10,12,14H2,(H,25,27). The lowest BCUT2D eigenvalue weighted by molar-refractivity contribution is 0.291. The van der Waals surface area contributed by atoms with Gasteiger partial charge in [0.1, 0.15) is 11.6 Å². The Kier molecular flexibility index (Phi) is 3.31. The Morgan fingerprint density at radius 3 is 2.61 bits per heavy atom. The molecule has 2 aromatic carbocycles. The number of benzene rings is 2. The van der Waals surface area contributed by atoms with E-state index in [1.165, 1.54) is 43.6 Å². The molecule has 0 bridgehead atoms. The first-order chi connectivity index (χ1) is 13.7. The number of nitrogens with zero attached hydrogens (tertiary/aromatic N) is 3. The fraction of sp³-hybridized carbons (Fsp3) is 0.304. The van der Waals surface area contributed by atoms with Crippen LogP contribution in [0.3, 0.4) is 0 Å². The number of aromatic amines is 1. The van der Waals surface area contributed by atoms with Gasteiger partial charge in [-0.05, 0) is 54.7 Å². The second-order valence-corrected chi connectivity index (χ2v) is 8.37. The molecule has 4 nitrogen and oxygen atoms in total. The maximum atomic E-state index is 13.5. The van der Waals surface area contributed by atoms with Crippen LogP contribution in [0.25, 0.3) is 33.4 Å². The minimum absolute atomic E-state index is 0.221. The van der Waals surface area contributed by atoms with Crippen LogP contribution in [0.2, 0.25) is 0 Å². The van der Waals surface area contributed by atoms with Crippen molar-refractivity contribution in [3.63, 3.8) is 0 Å². The number of halogens is 1. The fourth-order valence-electron chi connectivity index (χ4n) is 5.18.